The number of aryl methyl sites for hydroxylation is 2. The number of amides is 1. The number of hydrogen-bond acceptors (Lipinski definition) is 2. The van der Waals surface area contributed by atoms with Gasteiger partial charge in [-0.1, -0.05) is 17.7 Å². The lowest BCUT2D eigenvalue weighted by molar-refractivity contribution is 0.0782. The predicted molar refractivity (Wildman–Crippen MR) is 75.1 cm³/mol. The van der Waals surface area contributed by atoms with Crippen molar-refractivity contribution in [2.75, 3.05) is 7.05 Å². The number of carbonyl (C=O) groups is 1. The molecule has 2 rings (SSSR count). The average molecular weight is 314 g/mol. The van der Waals surface area contributed by atoms with Gasteiger partial charge in [-0.05, 0) is 19.1 Å². The molecule has 0 aliphatic carbocycles. The molecule has 1 aromatic heterocycles. The summed E-state index contributed by atoms with van der Waals surface area (Å²) in [7, 11) is 3.07. The first kappa shape index (κ1) is 15.4. The third-order valence-corrected chi connectivity index (χ3v) is 3.60. The molecule has 0 saturated heterocycles. The van der Waals surface area contributed by atoms with E-state index in [0.717, 1.165) is 12.1 Å². The number of hydrogen-bond donors (Lipinski definition) is 0. The van der Waals surface area contributed by atoms with Crippen molar-refractivity contribution in [3.63, 3.8) is 0 Å². The molecule has 1 amide bonds. The minimum Gasteiger partial charge on any atom is -0.337 e. The molecular formula is C14H14ClF2N3O. The highest BCUT2D eigenvalue weighted by atomic mass is 35.5. The van der Waals surface area contributed by atoms with Crippen molar-refractivity contribution in [1.29, 1.82) is 0 Å². The standard InChI is InChI=1S/C14H14ClF2N3O/c1-8-12(13(15)20(3)18-8)14(21)19(2)7-9-10(16)5-4-6-11(9)17/h4-6H,7H2,1-3H3. The van der Waals surface area contributed by atoms with Crippen molar-refractivity contribution in [3.05, 3.63) is 51.8 Å². The van der Waals surface area contributed by atoms with Gasteiger partial charge in [0, 0.05) is 19.7 Å². The fourth-order valence-corrected chi connectivity index (χ4v) is 2.31. The molecule has 21 heavy (non-hydrogen) atoms. The Morgan fingerprint density at radius 1 is 1.38 bits per heavy atom. The zero-order valence-corrected chi connectivity index (χ0v) is 12.6. The van der Waals surface area contributed by atoms with Crippen LogP contribution in [-0.4, -0.2) is 27.6 Å². The molecule has 4 nitrogen and oxygen atoms in total. The largest absolute Gasteiger partial charge is 0.337 e. The number of benzene rings is 1. The fourth-order valence-electron chi connectivity index (χ4n) is 2.06. The molecule has 0 bridgehead atoms. The molecule has 7 heteroatoms. The molecule has 1 heterocycles. The minimum atomic E-state index is -0.691. The van der Waals surface area contributed by atoms with Crippen LogP contribution < -0.4 is 0 Å². The van der Waals surface area contributed by atoms with Gasteiger partial charge in [-0.3, -0.25) is 9.48 Å². The Hall–Kier alpha value is -1.95. The first-order valence-corrected chi connectivity index (χ1v) is 6.58. The Balaban J connectivity index is 2.28. The normalized spacial score (nSPS) is 10.8. The summed E-state index contributed by atoms with van der Waals surface area (Å²) in [6.07, 6.45) is 0. The van der Waals surface area contributed by atoms with Gasteiger partial charge in [0.15, 0.2) is 0 Å². The van der Waals surface area contributed by atoms with Crippen LogP contribution in [0, 0.1) is 18.6 Å². The topological polar surface area (TPSA) is 38.1 Å². The molecule has 0 aliphatic rings. The molecule has 0 fully saturated rings. The van der Waals surface area contributed by atoms with E-state index in [0.29, 0.717) is 5.69 Å². The maximum atomic E-state index is 13.6. The van der Waals surface area contributed by atoms with E-state index in [2.05, 4.69) is 5.10 Å². The maximum Gasteiger partial charge on any atom is 0.258 e. The fraction of sp³-hybridized carbons (Fsp3) is 0.286. The SMILES string of the molecule is Cc1nn(C)c(Cl)c1C(=O)N(C)Cc1c(F)cccc1F. The molecule has 0 atom stereocenters. The third kappa shape index (κ3) is 2.90. The van der Waals surface area contributed by atoms with Gasteiger partial charge in [0.2, 0.25) is 0 Å². The van der Waals surface area contributed by atoms with Crippen LogP contribution in [-0.2, 0) is 13.6 Å². The van der Waals surface area contributed by atoms with Gasteiger partial charge in [0.25, 0.3) is 5.91 Å². The summed E-state index contributed by atoms with van der Waals surface area (Å²) < 4.78 is 28.6. The molecular weight excluding hydrogens is 300 g/mol. The summed E-state index contributed by atoms with van der Waals surface area (Å²) in [5.41, 5.74) is 0.540. The van der Waals surface area contributed by atoms with Gasteiger partial charge in [0.1, 0.15) is 16.8 Å². The molecule has 0 N–H and O–H groups in total. The Morgan fingerprint density at radius 2 is 1.95 bits per heavy atom. The molecule has 0 unspecified atom stereocenters. The van der Waals surface area contributed by atoms with Gasteiger partial charge in [-0.2, -0.15) is 5.10 Å². The summed E-state index contributed by atoms with van der Waals surface area (Å²) in [4.78, 5) is 13.6. The summed E-state index contributed by atoms with van der Waals surface area (Å²) in [5, 5.41) is 4.24. The smallest absolute Gasteiger partial charge is 0.258 e. The van der Waals surface area contributed by atoms with E-state index in [1.54, 1.807) is 14.0 Å². The van der Waals surface area contributed by atoms with Crippen molar-refractivity contribution < 1.29 is 13.6 Å². The summed E-state index contributed by atoms with van der Waals surface area (Å²) in [6, 6.07) is 3.58. The van der Waals surface area contributed by atoms with Crippen LogP contribution >= 0.6 is 11.6 Å². The van der Waals surface area contributed by atoms with Crippen molar-refractivity contribution >= 4 is 17.5 Å². The van der Waals surface area contributed by atoms with E-state index in [9.17, 15) is 13.6 Å². The van der Waals surface area contributed by atoms with Crippen LogP contribution in [0.5, 0.6) is 0 Å². The first-order chi connectivity index (χ1) is 9.82. The summed E-state index contributed by atoms with van der Waals surface area (Å²) >= 11 is 6.02. The Kier molecular flexibility index (Phi) is 4.27. The Morgan fingerprint density at radius 3 is 2.43 bits per heavy atom. The van der Waals surface area contributed by atoms with Gasteiger partial charge < -0.3 is 4.90 Å². The highest BCUT2D eigenvalue weighted by Crippen LogP contribution is 2.22. The predicted octanol–water partition coefficient (Wildman–Crippen LogP) is 2.93. The second kappa shape index (κ2) is 5.81. The number of nitrogens with zero attached hydrogens (tertiary/aromatic N) is 3. The summed E-state index contributed by atoms with van der Waals surface area (Å²) in [6.45, 7) is 1.46. The van der Waals surface area contributed by atoms with Gasteiger partial charge in [-0.25, -0.2) is 8.78 Å². The Labute approximate surface area is 125 Å². The summed E-state index contributed by atoms with van der Waals surface area (Å²) in [5.74, 6) is -1.82. The van der Waals surface area contributed by atoms with Crippen LogP contribution in [0.4, 0.5) is 8.78 Å². The van der Waals surface area contributed by atoms with E-state index < -0.39 is 17.5 Å². The van der Waals surface area contributed by atoms with Gasteiger partial charge in [0.05, 0.1) is 17.8 Å². The lowest BCUT2D eigenvalue weighted by Gasteiger charge is -2.18. The van der Waals surface area contributed by atoms with E-state index in [1.807, 2.05) is 0 Å². The van der Waals surface area contributed by atoms with Gasteiger partial charge >= 0.3 is 0 Å². The van der Waals surface area contributed by atoms with Crippen molar-refractivity contribution in [2.45, 2.75) is 13.5 Å². The van der Waals surface area contributed by atoms with Crippen molar-refractivity contribution in [1.82, 2.24) is 14.7 Å². The maximum absolute atomic E-state index is 13.6. The van der Waals surface area contributed by atoms with E-state index in [-0.39, 0.29) is 22.8 Å². The van der Waals surface area contributed by atoms with E-state index in [4.69, 9.17) is 11.6 Å². The number of halogens is 3. The highest BCUT2D eigenvalue weighted by molar-refractivity contribution is 6.33. The second-order valence-electron chi connectivity index (χ2n) is 4.74. The quantitative estimate of drug-likeness (QED) is 0.874. The molecule has 2 aromatic rings. The third-order valence-electron chi connectivity index (χ3n) is 3.17. The van der Waals surface area contributed by atoms with E-state index in [1.165, 1.54) is 22.7 Å². The molecule has 0 spiro atoms. The van der Waals surface area contributed by atoms with Gasteiger partial charge in [-0.15, -0.1) is 0 Å². The highest BCUT2D eigenvalue weighted by Gasteiger charge is 2.23. The van der Waals surface area contributed by atoms with Crippen LogP contribution in [0.1, 0.15) is 21.6 Å². The van der Waals surface area contributed by atoms with Crippen LogP contribution in [0.25, 0.3) is 0 Å². The van der Waals surface area contributed by atoms with Crippen molar-refractivity contribution in [2.24, 2.45) is 7.05 Å². The minimum absolute atomic E-state index is 0.161. The van der Waals surface area contributed by atoms with Crippen molar-refractivity contribution in [3.8, 4) is 0 Å². The molecule has 1 aromatic carbocycles. The molecule has 0 saturated carbocycles. The zero-order valence-electron chi connectivity index (χ0n) is 11.8. The molecule has 112 valence electrons. The lowest BCUT2D eigenvalue weighted by Crippen LogP contribution is -2.27. The van der Waals surface area contributed by atoms with Crippen LogP contribution in [0.3, 0.4) is 0 Å². The molecule has 0 aliphatic heterocycles. The lowest BCUT2D eigenvalue weighted by atomic mass is 10.1. The monoisotopic (exact) mass is 313 g/mol. The second-order valence-corrected chi connectivity index (χ2v) is 5.09. The average Bonchev–Trinajstić information content (AvgIpc) is 2.67. The van der Waals surface area contributed by atoms with Crippen LogP contribution in [0.2, 0.25) is 5.15 Å². The number of carbonyl (C=O) groups excluding carboxylic acids is 1. The number of rotatable bonds is 3. The first-order valence-electron chi connectivity index (χ1n) is 6.20. The zero-order chi connectivity index (χ0) is 15.7. The number of aromatic nitrogens is 2. The van der Waals surface area contributed by atoms with Crippen LogP contribution in [0.15, 0.2) is 18.2 Å². The Bertz CT molecular complexity index is 680. The van der Waals surface area contributed by atoms with E-state index >= 15 is 0 Å². The molecule has 0 radical (unpaired) electrons.